The van der Waals surface area contributed by atoms with Gasteiger partial charge in [0.05, 0.1) is 0 Å². The highest BCUT2D eigenvalue weighted by molar-refractivity contribution is 5.94. The van der Waals surface area contributed by atoms with Gasteiger partial charge in [-0.25, -0.2) is 9.18 Å². The van der Waals surface area contributed by atoms with Crippen LogP contribution >= 0.6 is 0 Å². The molecule has 0 radical (unpaired) electrons. The van der Waals surface area contributed by atoms with Gasteiger partial charge in [-0.05, 0) is 61.2 Å². The minimum atomic E-state index is -1.03. The summed E-state index contributed by atoms with van der Waals surface area (Å²) in [6, 6.07) is 10.1. The lowest BCUT2D eigenvalue weighted by atomic mass is 10.1. The topological polar surface area (TPSA) is 75.6 Å². The van der Waals surface area contributed by atoms with Crippen molar-refractivity contribution >= 4 is 11.9 Å². The predicted octanol–water partition coefficient (Wildman–Crippen LogP) is 2.88. The molecule has 6 heteroatoms. The maximum absolute atomic E-state index is 13.6. The first-order chi connectivity index (χ1) is 11.9. The third-order valence-electron chi connectivity index (χ3n) is 3.68. The minimum absolute atomic E-state index is 0.243. The fourth-order valence-electron chi connectivity index (χ4n) is 2.40. The molecule has 0 heterocycles. The Bertz CT molecular complexity index is 748. The second-order valence-electron chi connectivity index (χ2n) is 5.76. The van der Waals surface area contributed by atoms with Gasteiger partial charge in [-0.1, -0.05) is 12.1 Å². The lowest BCUT2D eigenvalue weighted by Crippen LogP contribution is -2.26. The fourth-order valence-corrected chi connectivity index (χ4v) is 2.40. The van der Waals surface area contributed by atoms with Crippen molar-refractivity contribution in [2.24, 2.45) is 0 Å². The number of amides is 1. The molecule has 0 atom stereocenters. The van der Waals surface area contributed by atoms with Crippen LogP contribution in [0.15, 0.2) is 36.4 Å². The number of hydrogen-bond acceptors (Lipinski definition) is 3. The van der Waals surface area contributed by atoms with E-state index in [-0.39, 0.29) is 18.3 Å². The lowest BCUT2D eigenvalue weighted by molar-refractivity contribution is -0.139. The van der Waals surface area contributed by atoms with Gasteiger partial charge < -0.3 is 15.2 Å². The highest BCUT2D eigenvalue weighted by Crippen LogP contribution is 2.15. The summed E-state index contributed by atoms with van der Waals surface area (Å²) >= 11 is 0. The number of aryl methyl sites for hydroxylation is 2. The zero-order valence-electron chi connectivity index (χ0n) is 14.1. The standard InChI is InChI=1S/C19H20FNO4/c1-12-9-15(10-13(2)18(12)20)19(24)21-8-7-14-3-5-16(6-4-14)25-11-17(22)23/h3-6,9-10H,7-8,11H2,1-2H3,(H,21,24)(H,22,23). The molecule has 0 aliphatic rings. The molecule has 0 bridgehead atoms. The van der Waals surface area contributed by atoms with Gasteiger partial charge >= 0.3 is 5.97 Å². The Morgan fingerprint density at radius 3 is 2.28 bits per heavy atom. The van der Waals surface area contributed by atoms with Crippen molar-refractivity contribution in [1.29, 1.82) is 0 Å². The number of carboxylic acids is 1. The first-order valence-corrected chi connectivity index (χ1v) is 7.85. The molecule has 0 aliphatic carbocycles. The summed E-state index contributed by atoms with van der Waals surface area (Å²) in [7, 11) is 0. The van der Waals surface area contributed by atoms with Crippen LogP contribution in [-0.4, -0.2) is 30.1 Å². The summed E-state index contributed by atoms with van der Waals surface area (Å²) in [4.78, 5) is 22.6. The van der Waals surface area contributed by atoms with Crippen molar-refractivity contribution in [2.75, 3.05) is 13.2 Å². The molecule has 5 nitrogen and oxygen atoms in total. The molecule has 2 aromatic carbocycles. The van der Waals surface area contributed by atoms with Gasteiger partial charge in [0.15, 0.2) is 6.61 Å². The second kappa shape index (κ2) is 8.28. The Morgan fingerprint density at radius 1 is 1.12 bits per heavy atom. The molecule has 1 amide bonds. The predicted molar refractivity (Wildman–Crippen MR) is 91.5 cm³/mol. The third-order valence-corrected chi connectivity index (χ3v) is 3.68. The maximum atomic E-state index is 13.6. The number of ether oxygens (including phenoxy) is 1. The van der Waals surface area contributed by atoms with Crippen LogP contribution in [-0.2, 0) is 11.2 Å². The van der Waals surface area contributed by atoms with Crippen LogP contribution in [0.5, 0.6) is 5.75 Å². The van der Waals surface area contributed by atoms with Gasteiger partial charge in [-0.3, -0.25) is 4.79 Å². The number of halogens is 1. The van der Waals surface area contributed by atoms with Crippen molar-refractivity contribution in [2.45, 2.75) is 20.3 Å². The molecule has 0 unspecified atom stereocenters. The molecular formula is C19H20FNO4. The van der Waals surface area contributed by atoms with E-state index >= 15 is 0 Å². The first-order valence-electron chi connectivity index (χ1n) is 7.85. The SMILES string of the molecule is Cc1cc(C(=O)NCCc2ccc(OCC(=O)O)cc2)cc(C)c1F. The average molecular weight is 345 g/mol. The molecule has 25 heavy (non-hydrogen) atoms. The normalized spacial score (nSPS) is 10.4. The Kier molecular flexibility index (Phi) is 6.11. The molecule has 0 spiro atoms. The van der Waals surface area contributed by atoms with E-state index < -0.39 is 5.97 Å². The van der Waals surface area contributed by atoms with E-state index in [0.717, 1.165) is 5.56 Å². The number of hydrogen-bond donors (Lipinski definition) is 2. The van der Waals surface area contributed by atoms with Crippen molar-refractivity contribution in [3.05, 3.63) is 64.5 Å². The molecule has 0 saturated carbocycles. The van der Waals surface area contributed by atoms with Crippen molar-refractivity contribution in [3.63, 3.8) is 0 Å². The van der Waals surface area contributed by atoms with Crippen LogP contribution in [0.2, 0.25) is 0 Å². The van der Waals surface area contributed by atoms with Gasteiger partial charge in [0.25, 0.3) is 5.91 Å². The highest BCUT2D eigenvalue weighted by Gasteiger charge is 2.10. The van der Waals surface area contributed by atoms with Crippen molar-refractivity contribution < 1.29 is 23.8 Å². The molecule has 132 valence electrons. The number of benzene rings is 2. The monoisotopic (exact) mass is 345 g/mol. The summed E-state index contributed by atoms with van der Waals surface area (Å²) in [6.07, 6.45) is 0.615. The van der Waals surface area contributed by atoms with Gasteiger partial charge in [-0.2, -0.15) is 0 Å². The molecular weight excluding hydrogens is 325 g/mol. The van der Waals surface area contributed by atoms with Crippen LogP contribution < -0.4 is 10.1 Å². The van der Waals surface area contributed by atoms with Crippen LogP contribution in [0.25, 0.3) is 0 Å². The number of carbonyl (C=O) groups excluding carboxylic acids is 1. The Hall–Kier alpha value is -2.89. The summed E-state index contributed by atoms with van der Waals surface area (Å²) < 4.78 is 18.7. The van der Waals surface area contributed by atoms with E-state index in [1.54, 1.807) is 26.0 Å². The first kappa shape index (κ1) is 18.4. The number of rotatable bonds is 7. The Labute approximate surface area is 145 Å². The van der Waals surface area contributed by atoms with E-state index in [2.05, 4.69) is 5.32 Å². The van der Waals surface area contributed by atoms with E-state index in [9.17, 15) is 14.0 Å². The second-order valence-corrected chi connectivity index (χ2v) is 5.76. The Balaban J connectivity index is 1.86. The number of carboxylic acid groups (broad SMARTS) is 1. The molecule has 0 aromatic heterocycles. The van der Waals surface area contributed by atoms with E-state index in [4.69, 9.17) is 9.84 Å². The van der Waals surface area contributed by atoms with Gasteiger partial charge in [0.1, 0.15) is 11.6 Å². The number of nitrogens with one attached hydrogen (secondary N) is 1. The molecule has 2 rings (SSSR count). The van der Waals surface area contributed by atoms with Crippen LogP contribution in [0, 0.1) is 19.7 Å². The summed E-state index contributed by atoms with van der Waals surface area (Å²) in [5, 5.41) is 11.4. The maximum Gasteiger partial charge on any atom is 0.341 e. The highest BCUT2D eigenvalue weighted by atomic mass is 19.1. The van der Waals surface area contributed by atoms with E-state index in [0.29, 0.717) is 35.4 Å². The average Bonchev–Trinajstić information content (AvgIpc) is 2.58. The summed E-state index contributed by atoms with van der Waals surface area (Å²) in [5.74, 6) is -1.08. The third kappa shape index (κ3) is 5.31. The van der Waals surface area contributed by atoms with Crippen LogP contribution in [0.4, 0.5) is 4.39 Å². The quantitative estimate of drug-likeness (QED) is 0.809. The zero-order chi connectivity index (χ0) is 18.4. The molecule has 2 N–H and O–H groups in total. The van der Waals surface area contributed by atoms with Gasteiger partial charge in [0.2, 0.25) is 0 Å². The van der Waals surface area contributed by atoms with E-state index in [1.807, 2.05) is 12.1 Å². The van der Waals surface area contributed by atoms with Gasteiger partial charge in [0, 0.05) is 12.1 Å². The largest absolute Gasteiger partial charge is 0.482 e. The molecule has 0 fully saturated rings. The van der Waals surface area contributed by atoms with E-state index in [1.165, 1.54) is 12.1 Å². The lowest BCUT2D eigenvalue weighted by Gasteiger charge is -2.09. The summed E-state index contributed by atoms with van der Waals surface area (Å²) in [5.41, 5.74) is 2.31. The Morgan fingerprint density at radius 2 is 1.72 bits per heavy atom. The van der Waals surface area contributed by atoms with Gasteiger partial charge in [-0.15, -0.1) is 0 Å². The van der Waals surface area contributed by atoms with Crippen molar-refractivity contribution in [3.8, 4) is 5.75 Å². The molecule has 0 saturated heterocycles. The number of aliphatic carboxylic acids is 1. The molecule has 2 aromatic rings. The van der Waals surface area contributed by atoms with Crippen LogP contribution in [0.3, 0.4) is 0 Å². The fraction of sp³-hybridized carbons (Fsp3) is 0.263. The smallest absolute Gasteiger partial charge is 0.341 e. The molecule has 0 aliphatic heterocycles. The summed E-state index contributed by atoms with van der Waals surface area (Å²) in [6.45, 7) is 3.32. The van der Waals surface area contributed by atoms with Crippen molar-refractivity contribution in [1.82, 2.24) is 5.32 Å². The zero-order valence-corrected chi connectivity index (χ0v) is 14.1. The number of carbonyl (C=O) groups is 2. The minimum Gasteiger partial charge on any atom is -0.482 e. The van der Waals surface area contributed by atoms with Crippen LogP contribution in [0.1, 0.15) is 27.0 Å².